The van der Waals surface area contributed by atoms with Crippen LogP contribution < -0.4 is 5.32 Å². The quantitative estimate of drug-likeness (QED) is 0.454. The highest BCUT2D eigenvalue weighted by Crippen LogP contribution is 2.25. The number of carbonyl (C=O) groups excluding carboxylic acids is 1. The van der Waals surface area contributed by atoms with Crippen LogP contribution in [0.3, 0.4) is 0 Å². The van der Waals surface area contributed by atoms with Gasteiger partial charge in [0.25, 0.3) is 5.91 Å². The fourth-order valence-corrected chi connectivity index (χ4v) is 3.19. The molecule has 3 aromatic carbocycles. The molecule has 0 aliphatic rings. The van der Waals surface area contributed by atoms with Gasteiger partial charge in [0.15, 0.2) is 0 Å². The third-order valence-corrected chi connectivity index (χ3v) is 4.71. The number of para-hydroxylation sites is 1. The summed E-state index contributed by atoms with van der Waals surface area (Å²) in [6, 6.07) is 22.5. The predicted molar refractivity (Wildman–Crippen MR) is 114 cm³/mol. The number of aromatic nitrogens is 4. The smallest absolute Gasteiger partial charge is 0.255 e. The van der Waals surface area contributed by atoms with E-state index in [-0.39, 0.29) is 5.91 Å². The maximum atomic E-state index is 12.5. The standard InChI is InChI=1S/C23H17N5O2/c1-14-27-28-23(30-14)16-9-7-15(8-10-16)21-25-19-12-11-17(13-20(19)26-21)22(29)24-18-5-3-2-4-6-18/h2-13H,1H3,(H,24,29)(H,25,26). The number of carbonyl (C=O) groups is 1. The van der Waals surface area contributed by atoms with Gasteiger partial charge in [0.2, 0.25) is 11.8 Å². The van der Waals surface area contributed by atoms with E-state index in [2.05, 4.69) is 25.5 Å². The molecular formula is C23H17N5O2. The topological polar surface area (TPSA) is 96.7 Å². The molecule has 0 radical (unpaired) electrons. The molecule has 7 nitrogen and oxygen atoms in total. The van der Waals surface area contributed by atoms with Crippen molar-refractivity contribution in [3.63, 3.8) is 0 Å². The van der Waals surface area contributed by atoms with Crippen LogP contribution in [0.15, 0.2) is 77.2 Å². The second kappa shape index (κ2) is 7.29. The van der Waals surface area contributed by atoms with Gasteiger partial charge in [-0.1, -0.05) is 30.3 Å². The van der Waals surface area contributed by atoms with Gasteiger partial charge in [-0.3, -0.25) is 4.79 Å². The van der Waals surface area contributed by atoms with Gasteiger partial charge in [-0.15, -0.1) is 10.2 Å². The van der Waals surface area contributed by atoms with E-state index in [1.54, 1.807) is 19.1 Å². The minimum absolute atomic E-state index is 0.174. The van der Waals surface area contributed by atoms with Gasteiger partial charge in [0, 0.05) is 29.3 Å². The molecule has 0 spiro atoms. The Balaban J connectivity index is 1.40. The van der Waals surface area contributed by atoms with Crippen molar-refractivity contribution in [1.29, 1.82) is 0 Å². The molecule has 0 bridgehead atoms. The highest BCUT2D eigenvalue weighted by molar-refractivity contribution is 6.06. The molecule has 30 heavy (non-hydrogen) atoms. The lowest BCUT2D eigenvalue weighted by atomic mass is 10.1. The number of amides is 1. The second-order valence-corrected chi connectivity index (χ2v) is 6.84. The van der Waals surface area contributed by atoms with Crippen molar-refractivity contribution in [1.82, 2.24) is 20.2 Å². The third kappa shape index (κ3) is 3.44. The number of rotatable bonds is 4. The number of nitrogens with zero attached hydrogens (tertiary/aromatic N) is 3. The highest BCUT2D eigenvalue weighted by atomic mass is 16.4. The van der Waals surface area contributed by atoms with Crippen molar-refractivity contribution in [2.75, 3.05) is 5.32 Å². The minimum atomic E-state index is -0.174. The fourth-order valence-electron chi connectivity index (χ4n) is 3.19. The van der Waals surface area contributed by atoms with E-state index >= 15 is 0 Å². The summed E-state index contributed by atoms with van der Waals surface area (Å²) in [5, 5.41) is 10.8. The summed E-state index contributed by atoms with van der Waals surface area (Å²) < 4.78 is 5.46. The number of imidazole rings is 1. The molecule has 1 amide bonds. The van der Waals surface area contributed by atoms with Gasteiger partial charge >= 0.3 is 0 Å². The van der Waals surface area contributed by atoms with Crippen molar-refractivity contribution < 1.29 is 9.21 Å². The van der Waals surface area contributed by atoms with Crippen molar-refractivity contribution in [2.24, 2.45) is 0 Å². The maximum absolute atomic E-state index is 12.5. The summed E-state index contributed by atoms with van der Waals surface area (Å²) in [6.07, 6.45) is 0. The van der Waals surface area contributed by atoms with Crippen LogP contribution in [-0.2, 0) is 0 Å². The lowest BCUT2D eigenvalue weighted by Gasteiger charge is -2.04. The zero-order chi connectivity index (χ0) is 20.5. The zero-order valence-corrected chi connectivity index (χ0v) is 16.1. The average Bonchev–Trinajstić information content (AvgIpc) is 3.40. The summed E-state index contributed by atoms with van der Waals surface area (Å²) in [4.78, 5) is 20.5. The summed E-state index contributed by atoms with van der Waals surface area (Å²) >= 11 is 0. The van der Waals surface area contributed by atoms with Crippen molar-refractivity contribution in [3.8, 4) is 22.8 Å². The summed E-state index contributed by atoms with van der Waals surface area (Å²) in [7, 11) is 0. The molecule has 2 N–H and O–H groups in total. The third-order valence-electron chi connectivity index (χ3n) is 4.71. The van der Waals surface area contributed by atoms with E-state index in [4.69, 9.17) is 4.42 Å². The molecule has 7 heteroatoms. The lowest BCUT2D eigenvalue weighted by Crippen LogP contribution is -2.11. The first-order chi connectivity index (χ1) is 14.7. The monoisotopic (exact) mass is 395 g/mol. The molecule has 2 aromatic heterocycles. The molecule has 2 heterocycles. The van der Waals surface area contributed by atoms with E-state index in [9.17, 15) is 4.79 Å². The van der Waals surface area contributed by atoms with Gasteiger partial charge in [-0.2, -0.15) is 0 Å². The summed E-state index contributed by atoms with van der Waals surface area (Å²) in [6.45, 7) is 1.76. The lowest BCUT2D eigenvalue weighted by molar-refractivity contribution is 0.102. The van der Waals surface area contributed by atoms with E-state index in [0.717, 1.165) is 33.7 Å². The van der Waals surface area contributed by atoms with Crippen LogP contribution in [0.5, 0.6) is 0 Å². The average molecular weight is 395 g/mol. The molecule has 0 aliphatic heterocycles. The number of nitrogens with one attached hydrogen (secondary N) is 2. The largest absolute Gasteiger partial charge is 0.421 e. The van der Waals surface area contributed by atoms with Gasteiger partial charge in [0.1, 0.15) is 5.82 Å². The Hall–Kier alpha value is -4.26. The van der Waals surface area contributed by atoms with Gasteiger partial charge in [0.05, 0.1) is 11.0 Å². The van der Waals surface area contributed by atoms with E-state index in [1.807, 2.05) is 60.7 Å². The minimum Gasteiger partial charge on any atom is -0.421 e. The molecule has 0 unspecified atom stereocenters. The van der Waals surface area contributed by atoms with Crippen LogP contribution in [0, 0.1) is 6.92 Å². The number of hydrogen-bond acceptors (Lipinski definition) is 5. The first-order valence-electron chi connectivity index (χ1n) is 9.43. The van der Waals surface area contributed by atoms with Crippen molar-refractivity contribution in [3.05, 3.63) is 84.3 Å². The number of anilines is 1. The Morgan fingerprint density at radius 1 is 0.933 bits per heavy atom. The van der Waals surface area contributed by atoms with Gasteiger partial charge < -0.3 is 14.7 Å². The molecule has 0 atom stereocenters. The Morgan fingerprint density at radius 2 is 1.70 bits per heavy atom. The summed E-state index contributed by atoms with van der Waals surface area (Å²) in [5.74, 6) is 1.56. The van der Waals surface area contributed by atoms with Crippen LogP contribution in [0.1, 0.15) is 16.2 Å². The number of fused-ring (bicyclic) bond motifs is 1. The molecule has 5 aromatic rings. The number of benzene rings is 3. The SMILES string of the molecule is Cc1nnc(-c2ccc(-c3nc4cc(C(=O)Nc5ccccc5)ccc4[nH]3)cc2)o1. The number of aryl methyl sites for hydroxylation is 1. The Morgan fingerprint density at radius 3 is 2.43 bits per heavy atom. The molecule has 0 fully saturated rings. The number of H-pyrrole nitrogens is 1. The van der Waals surface area contributed by atoms with Crippen LogP contribution in [0.2, 0.25) is 0 Å². The van der Waals surface area contributed by atoms with Gasteiger partial charge in [-0.25, -0.2) is 4.98 Å². The van der Waals surface area contributed by atoms with Crippen LogP contribution in [0.4, 0.5) is 5.69 Å². The zero-order valence-electron chi connectivity index (χ0n) is 16.1. The van der Waals surface area contributed by atoms with E-state index < -0.39 is 0 Å². The normalized spacial score (nSPS) is 11.0. The van der Waals surface area contributed by atoms with Crippen LogP contribution in [0.25, 0.3) is 33.9 Å². The first-order valence-corrected chi connectivity index (χ1v) is 9.43. The molecular weight excluding hydrogens is 378 g/mol. The van der Waals surface area contributed by atoms with E-state index in [0.29, 0.717) is 17.3 Å². The van der Waals surface area contributed by atoms with Crippen LogP contribution >= 0.6 is 0 Å². The maximum Gasteiger partial charge on any atom is 0.255 e. The van der Waals surface area contributed by atoms with Crippen molar-refractivity contribution >= 4 is 22.6 Å². The number of hydrogen-bond donors (Lipinski definition) is 2. The molecule has 0 saturated heterocycles. The van der Waals surface area contributed by atoms with Gasteiger partial charge in [-0.05, 0) is 42.5 Å². The fraction of sp³-hybridized carbons (Fsp3) is 0.0435. The summed E-state index contributed by atoms with van der Waals surface area (Å²) in [5.41, 5.74) is 4.64. The Kier molecular flexibility index (Phi) is 4.33. The second-order valence-electron chi connectivity index (χ2n) is 6.84. The molecule has 146 valence electrons. The first kappa shape index (κ1) is 17.8. The van der Waals surface area contributed by atoms with E-state index in [1.165, 1.54) is 0 Å². The van der Waals surface area contributed by atoms with Crippen LogP contribution in [-0.4, -0.2) is 26.1 Å². The number of aromatic amines is 1. The predicted octanol–water partition coefficient (Wildman–Crippen LogP) is 4.84. The Labute approximate surface area is 171 Å². The highest BCUT2D eigenvalue weighted by Gasteiger charge is 2.11. The van der Waals surface area contributed by atoms with Crippen molar-refractivity contribution in [2.45, 2.75) is 6.92 Å². The molecule has 0 aliphatic carbocycles. The Bertz CT molecular complexity index is 1340. The molecule has 0 saturated carbocycles. The molecule has 5 rings (SSSR count).